The fourth-order valence-electron chi connectivity index (χ4n) is 1.64. The van der Waals surface area contributed by atoms with E-state index in [1.54, 1.807) is 0 Å². The van der Waals surface area contributed by atoms with Crippen molar-refractivity contribution in [2.24, 2.45) is 0 Å². The summed E-state index contributed by atoms with van der Waals surface area (Å²) in [5, 5.41) is 0.931. The number of rotatable bonds is 3. The molecule has 0 saturated carbocycles. The number of nitrogens with zero attached hydrogens (tertiary/aromatic N) is 1. The smallest absolute Gasteiger partial charge is 0.160 e. The van der Waals surface area contributed by atoms with Crippen molar-refractivity contribution in [2.45, 2.75) is 20.5 Å². The molecule has 0 unspecified atom stereocenters. The maximum absolute atomic E-state index is 6.18. The third-order valence-electron chi connectivity index (χ3n) is 2.67. The van der Waals surface area contributed by atoms with Crippen molar-refractivity contribution >= 4 is 39.1 Å². The van der Waals surface area contributed by atoms with E-state index in [0.29, 0.717) is 22.4 Å². The molecule has 0 radical (unpaired) electrons. The summed E-state index contributed by atoms with van der Waals surface area (Å²) in [6, 6.07) is 7.88. The largest absolute Gasteiger partial charge is 0.486 e. The van der Waals surface area contributed by atoms with Crippen LogP contribution < -0.4 is 4.74 Å². The van der Waals surface area contributed by atoms with E-state index in [2.05, 4.69) is 20.9 Å². The minimum Gasteiger partial charge on any atom is -0.486 e. The molecule has 0 spiro atoms. The summed E-state index contributed by atoms with van der Waals surface area (Å²) in [5.74, 6) is 0.497. The third kappa shape index (κ3) is 3.41. The maximum Gasteiger partial charge on any atom is 0.160 e. The molecule has 0 saturated heterocycles. The lowest BCUT2D eigenvalue weighted by atomic mass is 10.2. The topological polar surface area (TPSA) is 22.1 Å². The fraction of sp³-hybridized carbons (Fsp3) is 0.214. The van der Waals surface area contributed by atoms with Gasteiger partial charge >= 0.3 is 0 Å². The Labute approximate surface area is 130 Å². The summed E-state index contributed by atoms with van der Waals surface area (Å²) in [6.07, 6.45) is 0. The van der Waals surface area contributed by atoms with E-state index in [4.69, 9.17) is 27.9 Å². The molecule has 0 aliphatic rings. The van der Waals surface area contributed by atoms with Crippen molar-refractivity contribution in [2.75, 3.05) is 0 Å². The lowest BCUT2D eigenvalue weighted by Gasteiger charge is -2.13. The highest BCUT2D eigenvalue weighted by Crippen LogP contribution is 2.36. The first-order chi connectivity index (χ1) is 8.99. The van der Waals surface area contributed by atoms with Gasteiger partial charge in [0.1, 0.15) is 16.7 Å². The second-order valence-electron chi connectivity index (χ2n) is 4.15. The molecule has 100 valence electrons. The van der Waals surface area contributed by atoms with Crippen LogP contribution >= 0.6 is 39.1 Å². The zero-order valence-electron chi connectivity index (χ0n) is 10.5. The molecule has 2 aromatic rings. The van der Waals surface area contributed by atoms with Crippen LogP contribution in [0, 0.1) is 13.8 Å². The van der Waals surface area contributed by atoms with E-state index < -0.39 is 0 Å². The number of benzene rings is 1. The number of aromatic nitrogens is 1. The molecule has 0 bridgehead atoms. The molecule has 2 nitrogen and oxygen atoms in total. The zero-order valence-corrected chi connectivity index (χ0v) is 13.6. The van der Waals surface area contributed by atoms with Gasteiger partial charge in [-0.15, -0.1) is 0 Å². The predicted molar refractivity (Wildman–Crippen MR) is 82.2 cm³/mol. The van der Waals surface area contributed by atoms with Crippen molar-refractivity contribution < 1.29 is 4.74 Å². The van der Waals surface area contributed by atoms with Gasteiger partial charge in [-0.05, 0) is 31.5 Å². The number of ether oxygens (including phenoxy) is 1. The van der Waals surface area contributed by atoms with E-state index in [1.165, 1.54) is 0 Å². The molecule has 0 fully saturated rings. The Morgan fingerprint density at radius 1 is 1.05 bits per heavy atom. The van der Waals surface area contributed by atoms with Gasteiger partial charge in [-0.1, -0.05) is 51.3 Å². The highest BCUT2D eigenvalue weighted by Gasteiger charge is 2.14. The van der Waals surface area contributed by atoms with E-state index in [1.807, 2.05) is 38.1 Å². The first kappa shape index (κ1) is 14.6. The summed E-state index contributed by atoms with van der Waals surface area (Å²) in [7, 11) is 0. The molecule has 0 aliphatic carbocycles. The first-order valence-electron chi connectivity index (χ1n) is 5.68. The molecule has 0 aliphatic heterocycles. The van der Waals surface area contributed by atoms with Crippen molar-refractivity contribution in [3.05, 3.63) is 55.7 Å². The highest BCUT2D eigenvalue weighted by atomic mass is 79.9. The zero-order chi connectivity index (χ0) is 14.0. The standard InChI is InChI=1S/C14H12BrCl2NO/c1-8-12(16)14(13(17)9(2)18-8)19-7-10-3-5-11(15)6-4-10/h3-6H,7H2,1-2H3. The van der Waals surface area contributed by atoms with Gasteiger partial charge < -0.3 is 4.74 Å². The van der Waals surface area contributed by atoms with Crippen molar-refractivity contribution in [3.8, 4) is 5.75 Å². The number of hydrogen-bond donors (Lipinski definition) is 0. The van der Waals surface area contributed by atoms with Crippen molar-refractivity contribution in [1.82, 2.24) is 4.98 Å². The van der Waals surface area contributed by atoms with E-state index in [0.717, 1.165) is 21.4 Å². The van der Waals surface area contributed by atoms with Crippen LogP contribution in [-0.2, 0) is 6.61 Å². The van der Waals surface area contributed by atoms with Gasteiger partial charge in [-0.2, -0.15) is 0 Å². The first-order valence-corrected chi connectivity index (χ1v) is 7.23. The van der Waals surface area contributed by atoms with Crippen LogP contribution in [0.1, 0.15) is 17.0 Å². The Kier molecular flexibility index (Phi) is 4.71. The van der Waals surface area contributed by atoms with E-state index >= 15 is 0 Å². The van der Waals surface area contributed by atoms with Gasteiger partial charge in [0.25, 0.3) is 0 Å². The van der Waals surface area contributed by atoms with E-state index in [9.17, 15) is 0 Å². The van der Waals surface area contributed by atoms with Gasteiger partial charge in [0.2, 0.25) is 0 Å². The Morgan fingerprint density at radius 3 is 2.11 bits per heavy atom. The molecule has 2 rings (SSSR count). The Morgan fingerprint density at radius 2 is 1.58 bits per heavy atom. The van der Waals surface area contributed by atoms with Gasteiger partial charge in [-0.3, -0.25) is 4.98 Å². The molecule has 0 atom stereocenters. The van der Waals surface area contributed by atoms with Crippen molar-refractivity contribution in [1.29, 1.82) is 0 Å². The maximum atomic E-state index is 6.18. The Hall–Kier alpha value is -0.770. The summed E-state index contributed by atoms with van der Waals surface area (Å²) in [4.78, 5) is 4.25. The lowest BCUT2D eigenvalue weighted by molar-refractivity contribution is 0.306. The summed E-state index contributed by atoms with van der Waals surface area (Å²) < 4.78 is 6.77. The molecular weight excluding hydrogens is 349 g/mol. The average molecular weight is 361 g/mol. The molecule has 0 amide bonds. The van der Waals surface area contributed by atoms with Crippen LogP contribution in [0.4, 0.5) is 0 Å². The normalized spacial score (nSPS) is 10.6. The van der Waals surface area contributed by atoms with Crippen LogP contribution in [0.15, 0.2) is 28.7 Å². The van der Waals surface area contributed by atoms with Gasteiger partial charge in [-0.25, -0.2) is 0 Å². The monoisotopic (exact) mass is 359 g/mol. The Balaban J connectivity index is 2.22. The van der Waals surface area contributed by atoms with Gasteiger partial charge in [0.15, 0.2) is 5.75 Å². The molecule has 1 aromatic carbocycles. The number of aryl methyl sites for hydroxylation is 2. The van der Waals surface area contributed by atoms with E-state index in [-0.39, 0.29) is 0 Å². The minimum absolute atomic E-state index is 0.412. The highest BCUT2D eigenvalue weighted by molar-refractivity contribution is 9.10. The Bertz CT molecular complexity index is 573. The van der Waals surface area contributed by atoms with Crippen LogP contribution in [0.2, 0.25) is 10.0 Å². The van der Waals surface area contributed by atoms with Gasteiger partial charge in [0.05, 0.1) is 11.4 Å². The van der Waals surface area contributed by atoms with Crippen LogP contribution in [0.25, 0.3) is 0 Å². The summed E-state index contributed by atoms with van der Waals surface area (Å²) >= 11 is 15.8. The molecule has 1 heterocycles. The number of hydrogen-bond acceptors (Lipinski definition) is 2. The van der Waals surface area contributed by atoms with Crippen LogP contribution in [0.3, 0.4) is 0 Å². The lowest BCUT2D eigenvalue weighted by Crippen LogP contribution is -2.00. The molecule has 19 heavy (non-hydrogen) atoms. The third-order valence-corrected chi connectivity index (χ3v) is 4.08. The summed E-state index contributed by atoms with van der Waals surface area (Å²) in [5.41, 5.74) is 2.48. The van der Waals surface area contributed by atoms with Crippen molar-refractivity contribution in [3.63, 3.8) is 0 Å². The fourth-order valence-corrected chi connectivity index (χ4v) is 2.33. The quantitative estimate of drug-likeness (QED) is 0.736. The SMILES string of the molecule is Cc1nc(C)c(Cl)c(OCc2ccc(Br)cc2)c1Cl. The number of pyridine rings is 1. The number of halogens is 3. The molecule has 1 aromatic heterocycles. The van der Waals surface area contributed by atoms with Gasteiger partial charge in [0, 0.05) is 4.47 Å². The van der Waals surface area contributed by atoms with Crippen LogP contribution in [-0.4, -0.2) is 4.98 Å². The second kappa shape index (κ2) is 6.12. The summed E-state index contributed by atoms with van der Waals surface area (Å²) in [6.45, 7) is 4.08. The average Bonchev–Trinajstić information content (AvgIpc) is 2.38. The minimum atomic E-state index is 0.412. The molecule has 5 heteroatoms. The second-order valence-corrected chi connectivity index (χ2v) is 5.83. The molecule has 0 N–H and O–H groups in total. The van der Waals surface area contributed by atoms with Crippen LogP contribution in [0.5, 0.6) is 5.75 Å². The molecular formula is C14H12BrCl2NO. The predicted octanol–water partition coefficient (Wildman–Crippen LogP) is 5.35.